The van der Waals surface area contributed by atoms with Gasteiger partial charge >= 0.3 is 0 Å². The summed E-state index contributed by atoms with van der Waals surface area (Å²) in [7, 11) is 0. The Kier molecular flexibility index (Phi) is 4.91. The molecule has 0 saturated carbocycles. The molecule has 2 rings (SSSR count). The summed E-state index contributed by atoms with van der Waals surface area (Å²) in [6.45, 7) is 5.13. The lowest BCUT2D eigenvalue weighted by Crippen LogP contribution is -2.34. The third kappa shape index (κ3) is 3.00. The van der Waals surface area contributed by atoms with Crippen molar-refractivity contribution in [2.24, 2.45) is 0 Å². The second-order valence-corrected chi connectivity index (χ2v) is 6.54. The predicted molar refractivity (Wildman–Crippen MR) is 83.2 cm³/mol. The molecule has 98 valence electrons. The van der Waals surface area contributed by atoms with Crippen LogP contribution in [0.15, 0.2) is 29.6 Å². The van der Waals surface area contributed by atoms with Gasteiger partial charge in [0.2, 0.25) is 0 Å². The van der Waals surface area contributed by atoms with Crippen LogP contribution in [0.4, 0.5) is 0 Å². The van der Waals surface area contributed by atoms with Crippen LogP contribution in [0.3, 0.4) is 0 Å². The summed E-state index contributed by atoms with van der Waals surface area (Å²) in [5.74, 6) is 0.109. The van der Waals surface area contributed by atoms with Gasteiger partial charge in [-0.1, -0.05) is 13.0 Å². The Hall–Kier alpha value is -0.280. The molecule has 18 heavy (non-hydrogen) atoms. The van der Waals surface area contributed by atoms with Crippen molar-refractivity contribution in [3.8, 4) is 0 Å². The monoisotopic (exact) mass is 301 g/mol. The highest BCUT2D eigenvalue weighted by atomic mass is 35.5. The van der Waals surface area contributed by atoms with Crippen molar-refractivity contribution in [3.63, 3.8) is 0 Å². The van der Waals surface area contributed by atoms with Crippen molar-refractivity contribution < 1.29 is 0 Å². The molecular formula is C14H17Cl2NS. The smallest absolute Gasteiger partial charge is 0.116 e. The Labute approximate surface area is 122 Å². The van der Waals surface area contributed by atoms with Crippen LogP contribution in [0.1, 0.15) is 25.3 Å². The van der Waals surface area contributed by atoms with Crippen molar-refractivity contribution in [2.45, 2.75) is 30.6 Å². The third-order valence-corrected chi connectivity index (χ3v) is 4.64. The molecule has 2 aromatic rings. The molecule has 0 radical (unpaired) electrons. The first-order chi connectivity index (χ1) is 8.63. The fourth-order valence-corrected chi connectivity index (χ4v) is 3.79. The maximum absolute atomic E-state index is 6.16. The number of fused-ring (bicyclic) bond motifs is 1. The molecule has 1 aromatic heterocycles. The van der Waals surface area contributed by atoms with Crippen molar-refractivity contribution in [2.75, 3.05) is 6.54 Å². The van der Waals surface area contributed by atoms with Crippen LogP contribution in [0.2, 0.25) is 0 Å². The first-order valence-electron chi connectivity index (χ1n) is 6.12. The highest BCUT2D eigenvalue weighted by molar-refractivity contribution is 7.17. The SMILES string of the molecule is CCNC(C)C(c1ccc2sccc2c1)C(Cl)Cl. The van der Waals surface area contributed by atoms with Crippen LogP contribution in [-0.2, 0) is 0 Å². The standard InChI is InChI=1S/C14H17Cl2NS/c1-3-17-9(2)13(14(15)16)11-4-5-12-10(8-11)6-7-18-12/h4-9,13-14,17H,3H2,1-2H3. The summed E-state index contributed by atoms with van der Waals surface area (Å²) in [5, 5.41) is 6.77. The molecule has 1 N–H and O–H groups in total. The molecule has 0 bridgehead atoms. The molecule has 1 aromatic carbocycles. The second kappa shape index (κ2) is 6.25. The molecule has 4 heteroatoms. The van der Waals surface area contributed by atoms with Gasteiger partial charge in [0.25, 0.3) is 0 Å². The number of halogens is 2. The summed E-state index contributed by atoms with van der Waals surface area (Å²) >= 11 is 14.1. The molecule has 2 atom stereocenters. The molecule has 0 amide bonds. The normalized spacial score (nSPS) is 15.2. The summed E-state index contributed by atoms with van der Waals surface area (Å²) in [4.78, 5) is -0.407. The fraction of sp³-hybridized carbons (Fsp3) is 0.429. The minimum atomic E-state index is -0.407. The van der Waals surface area contributed by atoms with Crippen molar-refractivity contribution in [1.29, 1.82) is 0 Å². The van der Waals surface area contributed by atoms with E-state index in [9.17, 15) is 0 Å². The Balaban J connectivity index is 2.34. The van der Waals surface area contributed by atoms with Gasteiger partial charge in [-0.25, -0.2) is 0 Å². The maximum atomic E-state index is 6.16. The molecule has 1 nitrogen and oxygen atoms in total. The number of hydrogen-bond acceptors (Lipinski definition) is 2. The summed E-state index contributed by atoms with van der Waals surface area (Å²) in [5.41, 5.74) is 1.20. The largest absolute Gasteiger partial charge is 0.314 e. The van der Waals surface area contributed by atoms with E-state index in [0.717, 1.165) is 6.54 Å². The zero-order chi connectivity index (χ0) is 13.1. The molecule has 0 aliphatic carbocycles. The maximum Gasteiger partial charge on any atom is 0.116 e. The molecule has 0 aliphatic rings. The number of nitrogens with one attached hydrogen (secondary N) is 1. The van der Waals surface area contributed by atoms with Gasteiger partial charge in [0.05, 0.1) is 0 Å². The zero-order valence-corrected chi connectivity index (χ0v) is 12.8. The van der Waals surface area contributed by atoms with E-state index >= 15 is 0 Å². The van der Waals surface area contributed by atoms with E-state index in [2.05, 4.69) is 48.8 Å². The topological polar surface area (TPSA) is 12.0 Å². The lowest BCUT2D eigenvalue weighted by atomic mass is 9.93. The lowest BCUT2D eigenvalue weighted by Gasteiger charge is -2.26. The lowest BCUT2D eigenvalue weighted by molar-refractivity contribution is 0.487. The molecule has 1 heterocycles. The number of benzene rings is 1. The number of alkyl halides is 2. The predicted octanol–water partition coefficient (Wildman–Crippen LogP) is 4.79. The summed E-state index contributed by atoms with van der Waals surface area (Å²) in [6, 6.07) is 8.87. The Morgan fingerprint density at radius 1 is 1.28 bits per heavy atom. The van der Waals surface area contributed by atoms with Gasteiger partial charge < -0.3 is 5.32 Å². The highest BCUT2D eigenvalue weighted by Crippen LogP contribution is 2.33. The van der Waals surface area contributed by atoms with Crippen molar-refractivity contribution in [3.05, 3.63) is 35.2 Å². The van der Waals surface area contributed by atoms with E-state index in [1.807, 2.05) is 0 Å². The van der Waals surface area contributed by atoms with Gasteiger partial charge in [0, 0.05) is 16.7 Å². The van der Waals surface area contributed by atoms with E-state index < -0.39 is 4.84 Å². The molecule has 0 fully saturated rings. The minimum absolute atomic E-state index is 0.109. The first-order valence-corrected chi connectivity index (χ1v) is 7.87. The van der Waals surface area contributed by atoms with Crippen molar-refractivity contribution in [1.82, 2.24) is 5.32 Å². The summed E-state index contributed by atoms with van der Waals surface area (Å²) in [6.07, 6.45) is 0. The molecular weight excluding hydrogens is 285 g/mol. The van der Waals surface area contributed by atoms with Gasteiger partial charge in [-0.15, -0.1) is 34.5 Å². The molecule has 2 unspecified atom stereocenters. The quantitative estimate of drug-likeness (QED) is 0.783. The van der Waals surface area contributed by atoms with Crippen molar-refractivity contribution >= 4 is 44.6 Å². The number of likely N-dealkylation sites (N-methyl/N-ethyl adjacent to an activating group) is 1. The van der Waals surface area contributed by atoms with E-state index in [1.165, 1.54) is 15.6 Å². The van der Waals surface area contributed by atoms with Crippen LogP contribution in [0.25, 0.3) is 10.1 Å². The van der Waals surface area contributed by atoms with E-state index in [-0.39, 0.29) is 12.0 Å². The first kappa shape index (κ1) is 14.1. The van der Waals surface area contributed by atoms with E-state index in [4.69, 9.17) is 23.2 Å². The third-order valence-electron chi connectivity index (χ3n) is 3.20. The summed E-state index contributed by atoms with van der Waals surface area (Å²) < 4.78 is 1.30. The number of rotatable bonds is 5. The van der Waals surface area contributed by atoms with Crippen LogP contribution in [-0.4, -0.2) is 17.4 Å². The second-order valence-electron chi connectivity index (χ2n) is 4.42. The molecule has 0 saturated heterocycles. The van der Waals surface area contributed by atoms with E-state index in [1.54, 1.807) is 11.3 Å². The van der Waals surface area contributed by atoms with Gasteiger partial charge in [0.1, 0.15) is 4.84 Å². The van der Waals surface area contributed by atoms with Crippen LogP contribution >= 0.6 is 34.5 Å². The Bertz CT molecular complexity index is 509. The molecule has 0 spiro atoms. The number of thiophene rings is 1. The minimum Gasteiger partial charge on any atom is -0.314 e. The van der Waals surface area contributed by atoms with Gasteiger partial charge in [-0.05, 0) is 48.0 Å². The average molecular weight is 302 g/mol. The fourth-order valence-electron chi connectivity index (χ4n) is 2.29. The van der Waals surface area contributed by atoms with E-state index in [0.29, 0.717) is 0 Å². The molecule has 0 aliphatic heterocycles. The highest BCUT2D eigenvalue weighted by Gasteiger charge is 2.25. The van der Waals surface area contributed by atoms with Crippen LogP contribution in [0.5, 0.6) is 0 Å². The van der Waals surface area contributed by atoms with Gasteiger partial charge in [-0.3, -0.25) is 0 Å². The van der Waals surface area contributed by atoms with Gasteiger partial charge in [-0.2, -0.15) is 0 Å². The Morgan fingerprint density at radius 3 is 2.72 bits per heavy atom. The van der Waals surface area contributed by atoms with Crippen LogP contribution in [0, 0.1) is 0 Å². The Morgan fingerprint density at radius 2 is 2.06 bits per heavy atom. The average Bonchev–Trinajstić information content (AvgIpc) is 2.76. The van der Waals surface area contributed by atoms with Gasteiger partial charge in [0.15, 0.2) is 0 Å². The number of hydrogen-bond donors (Lipinski definition) is 1. The zero-order valence-electron chi connectivity index (χ0n) is 10.5. The van der Waals surface area contributed by atoms with Crippen LogP contribution < -0.4 is 5.32 Å².